The van der Waals surface area contributed by atoms with Gasteiger partial charge in [-0.25, -0.2) is 4.79 Å². The first-order valence-electron chi connectivity index (χ1n) is 10.3. The number of aromatic hydroxyl groups is 1. The standard InChI is InChI=1S/C23H28N2O6/c1-4-30-23(28)22(27)24-18-11-15(2)21(16(3)12-18)31-19-5-6-20(26)17(13-19)14-25-7-9-29-10-8-25/h5-6,11-13,26H,4,7-10,14H2,1-3H3,(H,24,27). The van der Waals surface area contributed by atoms with E-state index in [1.807, 2.05) is 19.9 Å². The van der Waals surface area contributed by atoms with Crippen LogP contribution in [0.5, 0.6) is 17.2 Å². The number of morpholine rings is 1. The maximum absolute atomic E-state index is 11.9. The number of anilines is 1. The van der Waals surface area contributed by atoms with Gasteiger partial charge in [0.05, 0.1) is 19.8 Å². The fraction of sp³-hybridized carbons (Fsp3) is 0.391. The Morgan fingerprint density at radius 1 is 1.13 bits per heavy atom. The number of carbonyl (C=O) groups is 2. The molecule has 0 bridgehead atoms. The summed E-state index contributed by atoms with van der Waals surface area (Å²) in [6, 6.07) is 8.64. The van der Waals surface area contributed by atoms with Crippen LogP contribution in [0, 0.1) is 13.8 Å². The lowest BCUT2D eigenvalue weighted by molar-refractivity contribution is -0.152. The summed E-state index contributed by atoms with van der Waals surface area (Å²) in [6.07, 6.45) is 0. The minimum Gasteiger partial charge on any atom is -0.508 e. The summed E-state index contributed by atoms with van der Waals surface area (Å²) < 4.78 is 16.2. The first kappa shape index (κ1) is 22.6. The van der Waals surface area contributed by atoms with Crippen LogP contribution >= 0.6 is 0 Å². The number of nitrogens with one attached hydrogen (secondary N) is 1. The number of benzene rings is 2. The van der Waals surface area contributed by atoms with Gasteiger partial charge in [0.25, 0.3) is 0 Å². The second-order valence-corrected chi connectivity index (χ2v) is 7.39. The van der Waals surface area contributed by atoms with Crippen molar-refractivity contribution in [3.8, 4) is 17.2 Å². The predicted octanol–water partition coefficient (Wildman–Crippen LogP) is 3.14. The molecule has 0 radical (unpaired) electrons. The van der Waals surface area contributed by atoms with E-state index in [1.165, 1.54) is 0 Å². The summed E-state index contributed by atoms with van der Waals surface area (Å²) in [4.78, 5) is 25.6. The van der Waals surface area contributed by atoms with Crippen molar-refractivity contribution >= 4 is 17.6 Å². The van der Waals surface area contributed by atoms with Gasteiger partial charge in [-0.05, 0) is 62.2 Å². The molecule has 1 heterocycles. The molecule has 1 amide bonds. The molecule has 0 aliphatic carbocycles. The van der Waals surface area contributed by atoms with Crippen LogP contribution in [-0.4, -0.2) is 54.8 Å². The number of esters is 1. The molecule has 1 aliphatic rings. The van der Waals surface area contributed by atoms with Gasteiger partial charge in [-0.3, -0.25) is 9.69 Å². The van der Waals surface area contributed by atoms with Crippen LogP contribution in [0.1, 0.15) is 23.6 Å². The third kappa shape index (κ3) is 5.96. The van der Waals surface area contributed by atoms with E-state index >= 15 is 0 Å². The van der Waals surface area contributed by atoms with E-state index in [0.29, 0.717) is 36.9 Å². The Balaban J connectivity index is 1.74. The van der Waals surface area contributed by atoms with E-state index in [-0.39, 0.29) is 12.4 Å². The zero-order chi connectivity index (χ0) is 22.4. The molecule has 3 rings (SSSR count). The molecule has 1 fully saturated rings. The van der Waals surface area contributed by atoms with Crippen molar-refractivity contribution < 1.29 is 28.9 Å². The molecule has 2 N–H and O–H groups in total. The van der Waals surface area contributed by atoms with Gasteiger partial charge in [0.2, 0.25) is 0 Å². The summed E-state index contributed by atoms with van der Waals surface area (Å²) in [5, 5.41) is 12.8. The highest BCUT2D eigenvalue weighted by Gasteiger charge is 2.17. The Morgan fingerprint density at radius 2 is 1.81 bits per heavy atom. The van der Waals surface area contributed by atoms with E-state index < -0.39 is 11.9 Å². The first-order valence-corrected chi connectivity index (χ1v) is 10.3. The highest BCUT2D eigenvalue weighted by Crippen LogP contribution is 2.33. The average molecular weight is 428 g/mol. The van der Waals surface area contributed by atoms with Crippen molar-refractivity contribution in [1.82, 2.24) is 4.90 Å². The molecule has 8 heteroatoms. The van der Waals surface area contributed by atoms with Crippen LogP contribution < -0.4 is 10.1 Å². The van der Waals surface area contributed by atoms with E-state index in [2.05, 4.69) is 10.2 Å². The van der Waals surface area contributed by atoms with Crippen LogP contribution in [0.4, 0.5) is 5.69 Å². The van der Waals surface area contributed by atoms with Gasteiger partial charge in [-0.1, -0.05) is 0 Å². The van der Waals surface area contributed by atoms with Crippen molar-refractivity contribution in [3.63, 3.8) is 0 Å². The number of carbonyl (C=O) groups excluding carboxylic acids is 2. The summed E-state index contributed by atoms with van der Waals surface area (Å²) in [5.41, 5.74) is 2.86. The monoisotopic (exact) mass is 428 g/mol. The number of amides is 1. The Kier molecular flexibility index (Phi) is 7.49. The number of phenolic OH excluding ortho intramolecular Hbond substituents is 1. The second kappa shape index (κ2) is 10.3. The molecule has 1 saturated heterocycles. The fourth-order valence-corrected chi connectivity index (χ4v) is 3.43. The topological polar surface area (TPSA) is 97.3 Å². The van der Waals surface area contributed by atoms with Crippen LogP contribution in [0.15, 0.2) is 30.3 Å². The number of aryl methyl sites for hydroxylation is 2. The van der Waals surface area contributed by atoms with E-state index in [4.69, 9.17) is 14.2 Å². The van der Waals surface area contributed by atoms with Crippen LogP contribution in [0.25, 0.3) is 0 Å². The number of ether oxygens (including phenoxy) is 3. The Labute approximate surface area is 181 Å². The highest BCUT2D eigenvalue weighted by atomic mass is 16.5. The van der Waals surface area contributed by atoms with E-state index in [9.17, 15) is 14.7 Å². The smallest absolute Gasteiger partial charge is 0.397 e. The van der Waals surface area contributed by atoms with Crippen LogP contribution in [0.3, 0.4) is 0 Å². The molecule has 31 heavy (non-hydrogen) atoms. The molecule has 0 saturated carbocycles. The van der Waals surface area contributed by atoms with Crippen molar-refractivity contribution in [2.24, 2.45) is 0 Å². The van der Waals surface area contributed by atoms with Gasteiger partial charge < -0.3 is 24.6 Å². The molecule has 166 valence electrons. The molecule has 2 aromatic carbocycles. The molecule has 0 aromatic heterocycles. The Bertz CT molecular complexity index is 930. The zero-order valence-corrected chi connectivity index (χ0v) is 18.1. The minimum atomic E-state index is -0.921. The molecule has 8 nitrogen and oxygen atoms in total. The average Bonchev–Trinajstić information content (AvgIpc) is 2.74. The minimum absolute atomic E-state index is 0.136. The van der Waals surface area contributed by atoms with Crippen molar-refractivity contribution in [2.75, 3.05) is 38.2 Å². The van der Waals surface area contributed by atoms with Crippen LogP contribution in [-0.2, 0) is 25.6 Å². The third-order valence-electron chi connectivity index (χ3n) is 4.95. The quantitative estimate of drug-likeness (QED) is 0.539. The first-order chi connectivity index (χ1) is 14.9. The van der Waals surface area contributed by atoms with Crippen molar-refractivity contribution in [1.29, 1.82) is 0 Å². The molecule has 2 aromatic rings. The Morgan fingerprint density at radius 3 is 2.45 bits per heavy atom. The van der Waals surface area contributed by atoms with Gasteiger partial charge in [0, 0.05) is 30.9 Å². The number of hydrogen-bond acceptors (Lipinski definition) is 7. The molecular weight excluding hydrogens is 400 g/mol. The van der Waals surface area contributed by atoms with Crippen LogP contribution in [0.2, 0.25) is 0 Å². The van der Waals surface area contributed by atoms with Gasteiger partial charge in [0.15, 0.2) is 0 Å². The highest BCUT2D eigenvalue weighted by molar-refractivity contribution is 6.37. The normalized spacial score (nSPS) is 14.2. The largest absolute Gasteiger partial charge is 0.508 e. The van der Waals surface area contributed by atoms with E-state index in [0.717, 1.165) is 29.8 Å². The lowest BCUT2D eigenvalue weighted by atomic mass is 10.1. The molecule has 0 atom stereocenters. The third-order valence-corrected chi connectivity index (χ3v) is 4.95. The molecule has 1 aliphatic heterocycles. The summed E-state index contributed by atoms with van der Waals surface area (Å²) in [6.45, 7) is 9.13. The van der Waals surface area contributed by atoms with Gasteiger partial charge in [0.1, 0.15) is 17.2 Å². The number of nitrogens with zero attached hydrogens (tertiary/aromatic N) is 1. The molecular formula is C23H28N2O6. The van der Waals surface area contributed by atoms with Crippen molar-refractivity contribution in [2.45, 2.75) is 27.3 Å². The zero-order valence-electron chi connectivity index (χ0n) is 18.1. The fourth-order valence-electron chi connectivity index (χ4n) is 3.43. The van der Waals surface area contributed by atoms with Gasteiger partial charge in [-0.15, -0.1) is 0 Å². The lowest BCUT2D eigenvalue weighted by Crippen LogP contribution is -2.35. The number of rotatable bonds is 6. The maximum atomic E-state index is 11.9. The number of hydrogen-bond donors (Lipinski definition) is 2. The molecule has 0 unspecified atom stereocenters. The summed E-state index contributed by atoms with van der Waals surface area (Å²) >= 11 is 0. The SMILES string of the molecule is CCOC(=O)C(=O)Nc1cc(C)c(Oc2ccc(O)c(CN3CCOCC3)c2)c(C)c1. The van der Waals surface area contributed by atoms with Crippen molar-refractivity contribution in [3.05, 3.63) is 47.0 Å². The molecule has 0 spiro atoms. The summed E-state index contributed by atoms with van der Waals surface area (Å²) in [5.74, 6) is -0.257. The van der Waals surface area contributed by atoms with Gasteiger partial charge in [-0.2, -0.15) is 0 Å². The lowest BCUT2D eigenvalue weighted by Gasteiger charge is -2.27. The Hall–Kier alpha value is -3.10. The summed E-state index contributed by atoms with van der Waals surface area (Å²) in [7, 11) is 0. The predicted molar refractivity (Wildman–Crippen MR) is 115 cm³/mol. The van der Waals surface area contributed by atoms with Gasteiger partial charge >= 0.3 is 11.9 Å². The van der Waals surface area contributed by atoms with E-state index in [1.54, 1.807) is 31.2 Å². The second-order valence-electron chi connectivity index (χ2n) is 7.39. The maximum Gasteiger partial charge on any atom is 0.397 e. The number of phenols is 1.